The van der Waals surface area contributed by atoms with Crippen LogP contribution in [0.15, 0.2) is 42.7 Å². The molecule has 1 atom stereocenters. The van der Waals surface area contributed by atoms with Gasteiger partial charge in [0.15, 0.2) is 0 Å². The van der Waals surface area contributed by atoms with Crippen molar-refractivity contribution in [2.24, 2.45) is 7.05 Å². The number of alkyl halides is 3. The Morgan fingerprint density at radius 3 is 2.56 bits per heavy atom. The molecule has 2 fully saturated rings. The molecular formula is C31H36F3N5O2. The summed E-state index contributed by atoms with van der Waals surface area (Å²) in [5.74, 6) is 0.204. The van der Waals surface area contributed by atoms with Crippen LogP contribution < -0.4 is 10.2 Å². The predicted molar refractivity (Wildman–Crippen MR) is 149 cm³/mol. The summed E-state index contributed by atoms with van der Waals surface area (Å²) in [6, 6.07) is 10.4. The van der Waals surface area contributed by atoms with Crippen LogP contribution in [0, 0.1) is 0 Å². The number of rotatable bonds is 8. The molecule has 2 heterocycles. The summed E-state index contributed by atoms with van der Waals surface area (Å²) in [6.45, 7) is 4.49. The van der Waals surface area contributed by atoms with Crippen molar-refractivity contribution in [2.45, 2.75) is 81.6 Å². The second-order valence-electron chi connectivity index (χ2n) is 12.3. The van der Waals surface area contributed by atoms with Crippen molar-refractivity contribution in [3.63, 3.8) is 0 Å². The summed E-state index contributed by atoms with van der Waals surface area (Å²) >= 11 is 0. The van der Waals surface area contributed by atoms with Gasteiger partial charge in [-0.05, 0) is 85.9 Å². The van der Waals surface area contributed by atoms with E-state index in [0.717, 1.165) is 30.7 Å². The van der Waals surface area contributed by atoms with E-state index in [1.807, 2.05) is 36.7 Å². The smallest absolute Gasteiger partial charge is 0.381 e. The van der Waals surface area contributed by atoms with Crippen LogP contribution in [-0.2, 0) is 29.9 Å². The number of hydrogen-bond donors (Lipinski definition) is 1. The lowest BCUT2D eigenvalue weighted by Crippen LogP contribution is -2.49. The van der Waals surface area contributed by atoms with Crippen molar-refractivity contribution in [1.82, 2.24) is 20.1 Å². The Hall–Kier alpha value is -3.24. The van der Waals surface area contributed by atoms with E-state index in [-0.39, 0.29) is 35.2 Å². The molecule has 0 spiro atoms. The number of amides is 1. The lowest BCUT2D eigenvalue weighted by molar-refractivity contribution is -0.138. The molecule has 0 bridgehead atoms. The first-order chi connectivity index (χ1) is 19.4. The highest BCUT2D eigenvalue weighted by atomic mass is 19.4. The van der Waals surface area contributed by atoms with Gasteiger partial charge in [-0.25, -0.2) is 0 Å². The van der Waals surface area contributed by atoms with Crippen molar-refractivity contribution in [3.05, 3.63) is 76.4 Å². The van der Waals surface area contributed by atoms with Crippen molar-refractivity contribution in [2.75, 3.05) is 18.6 Å². The number of methoxy groups -OCH3 is 1. The molecule has 0 saturated heterocycles. The Labute approximate surface area is 238 Å². The van der Waals surface area contributed by atoms with Gasteiger partial charge in [0.2, 0.25) is 0 Å². The van der Waals surface area contributed by atoms with Gasteiger partial charge in [-0.15, -0.1) is 10.2 Å². The molecule has 41 heavy (non-hydrogen) atoms. The number of aromatic nitrogens is 3. The minimum Gasteiger partial charge on any atom is -0.381 e. The van der Waals surface area contributed by atoms with Crippen LogP contribution in [-0.4, -0.2) is 46.0 Å². The highest BCUT2D eigenvalue weighted by Crippen LogP contribution is 2.50. The SMILES string of the molecule is COC1CC(c2cccc(N3Cc4c(cc([C@@H](C)CNC5(C)CCC5)cc4C(F)(F)F)C3=O)c2)(c2nncn2C)C1. The number of nitrogens with one attached hydrogen (secondary N) is 1. The number of carbonyl (C=O) groups excluding carboxylic acids is 1. The summed E-state index contributed by atoms with van der Waals surface area (Å²) in [5.41, 5.74) is 1.05. The van der Waals surface area contributed by atoms with Gasteiger partial charge in [0.25, 0.3) is 5.91 Å². The second kappa shape index (κ2) is 9.94. The highest BCUT2D eigenvalue weighted by molar-refractivity contribution is 6.10. The summed E-state index contributed by atoms with van der Waals surface area (Å²) in [4.78, 5) is 15.2. The first-order valence-corrected chi connectivity index (χ1v) is 14.2. The zero-order valence-corrected chi connectivity index (χ0v) is 23.9. The standard InChI is InChI=1S/C31H36F3N5O2/c1-19(16-35-29(2)9-6-10-29)20-11-24-25(26(12-20)31(32,33)34)17-39(27(24)40)22-8-5-7-21(13-22)30(14-23(15-30)41-4)28-37-36-18-38(28)3/h5,7-8,11-13,18-19,23,35H,6,9-10,14-17H2,1-4H3/t19-,23?,30?/m0/s1. The number of anilines is 1. The third kappa shape index (κ3) is 4.74. The molecule has 218 valence electrons. The lowest BCUT2D eigenvalue weighted by Gasteiger charge is -2.46. The number of aryl methyl sites for hydroxylation is 1. The van der Waals surface area contributed by atoms with Crippen LogP contribution in [0.2, 0.25) is 0 Å². The topological polar surface area (TPSA) is 72.3 Å². The van der Waals surface area contributed by atoms with E-state index < -0.39 is 23.1 Å². The van der Waals surface area contributed by atoms with Gasteiger partial charge in [-0.3, -0.25) is 4.79 Å². The first kappa shape index (κ1) is 27.9. The van der Waals surface area contributed by atoms with E-state index in [1.54, 1.807) is 25.6 Å². The van der Waals surface area contributed by atoms with Crippen molar-refractivity contribution < 1.29 is 22.7 Å². The van der Waals surface area contributed by atoms with Crippen molar-refractivity contribution in [1.29, 1.82) is 0 Å². The predicted octanol–water partition coefficient (Wildman–Crippen LogP) is 5.72. The molecule has 1 N–H and O–H groups in total. The largest absolute Gasteiger partial charge is 0.416 e. The average Bonchev–Trinajstić information content (AvgIpc) is 3.48. The van der Waals surface area contributed by atoms with E-state index >= 15 is 0 Å². The maximum Gasteiger partial charge on any atom is 0.416 e. The number of hydrogen-bond acceptors (Lipinski definition) is 5. The fourth-order valence-electron chi connectivity index (χ4n) is 6.70. The van der Waals surface area contributed by atoms with Crippen LogP contribution in [0.5, 0.6) is 0 Å². The number of carbonyl (C=O) groups is 1. The monoisotopic (exact) mass is 567 g/mol. The molecule has 1 aliphatic heterocycles. The first-order valence-electron chi connectivity index (χ1n) is 14.2. The van der Waals surface area contributed by atoms with E-state index in [4.69, 9.17) is 4.74 Å². The fourth-order valence-corrected chi connectivity index (χ4v) is 6.70. The summed E-state index contributed by atoms with van der Waals surface area (Å²) in [7, 11) is 3.57. The van der Waals surface area contributed by atoms with Crippen LogP contribution in [0.3, 0.4) is 0 Å². The van der Waals surface area contributed by atoms with Crippen molar-refractivity contribution in [3.8, 4) is 0 Å². The number of fused-ring (bicyclic) bond motifs is 1. The van der Waals surface area contributed by atoms with Crippen LogP contribution in [0.25, 0.3) is 0 Å². The molecule has 10 heteroatoms. The second-order valence-corrected chi connectivity index (χ2v) is 12.3. The van der Waals surface area contributed by atoms with Gasteiger partial charge in [0.05, 0.1) is 23.6 Å². The third-order valence-electron chi connectivity index (χ3n) is 9.57. The molecule has 2 aromatic carbocycles. The minimum absolute atomic E-state index is 0.0360. The van der Waals surface area contributed by atoms with Gasteiger partial charge in [-0.2, -0.15) is 13.2 Å². The van der Waals surface area contributed by atoms with Gasteiger partial charge < -0.3 is 19.5 Å². The average molecular weight is 568 g/mol. The maximum absolute atomic E-state index is 14.3. The molecule has 3 aromatic rings. The molecule has 1 aromatic heterocycles. The molecule has 3 aliphatic rings. The Kier molecular flexibility index (Phi) is 6.77. The molecular weight excluding hydrogens is 531 g/mol. The Balaban J connectivity index is 1.33. The number of benzene rings is 2. The maximum atomic E-state index is 14.3. The third-order valence-corrected chi connectivity index (χ3v) is 9.57. The van der Waals surface area contributed by atoms with Gasteiger partial charge >= 0.3 is 6.18 Å². The number of nitrogens with zero attached hydrogens (tertiary/aromatic N) is 4. The van der Waals surface area contributed by atoms with Crippen LogP contribution in [0.4, 0.5) is 18.9 Å². The fraction of sp³-hybridized carbons (Fsp3) is 0.516. The van der Waals surface area contributed by atoms with E-state index in [9.17, 15) is 18.0 Å². The summed E-state index contributed by atoms with van der Waals surface area (Å²) in [6.07, 6.45) is 1.82. The van der Waals surface area contributed by atoms with Crippen molar-refractivity contribution >= 4 is 11.6 Å². The molecule has 6 rings (SSSR count). The van der Waals surface area contributed by atoms with E-state index in [1.165, 1.54) is 11.0 Å². The lowest BCUT2D eigenvalue weighted by atomic mass is 9.62. The number of ether oxygens (including phenoxy) is 1. The Bertz CT molecular complexity index is 1470. The number of halogens is 3. The van der Waals surface area contributed by atoms with Gasteiger partial charge in [0.1, 0.15) is 12.2 Å². The summed E-state index contributed by atoms with van der Waals surface area (Å²) in [5, 5.41) is 12.0. The Morgan fingerprint density at radius 1 is 1.20 bits per heavy atom. The Morgan fingerprint density at radius 2 is 1.95 bits per heavy atom. The molecule has 0 radical (unpaired) electrons. The molecule has 0 unspecified atom stereocenters. The minimum atomic E-state index is -4.57. The molecule has 2 saturated carbocycles. The van der Waals surface area contributed by atoms with E-state index in [0.29, 0.717) is 30.6 Å². The normalized spacial score (nSPS) is 24.1. The van der Waals surface area contributed by atoms with Crippen LogP contribution in [0.1, 0.15) is 90.3 Å². The molecule has 2 aliphatic carbocycles. The highest BCUT2D eigenvalue weighted by Gasteiger charge is 2.50. The molecule has 7 nitrogen and oxygen atoms in total. The van der Waals surface area contributed by atoms with Gasteiger partial charge in [0, 0.05) is 37.5 Å². The quantitative estimate of drug-likeness (QED) is 0.377. The van der Waals surface area contributed by atoms with Crippen LogP contribution >= 0.6 is 0 Å². The van der Waals surface area contributed by atoms with Gasteiger partial charge in [-0.1, -0.05) is 19.1 Å². The zero-order valence-electron chi connectivity index (χ0n) is 23.9. The zero-order chi connectivity index (χ0) is 29.2. The molecule has 1 amide bonds. The van der Waals surface area contributed by atoms with E-state index in [2.05, 4.69) is 22.4 Å². The summed E-state index contributed by atoms with van der Waals surface area (Å²) < 4.78 is 50.5.